The number of likely N-dealkylation sites (N-methyl/N-ethyl adjacent to an activating group) is 1. The third kappa shape index (κ3) is 5.81. The van der Waals surface area contributed by atoms with E-state index in [1.54, 1.807) is 6.07 Å². The van der Waals surface area contributed by atoms with Crippen molar-refractivity contribution in [3.8, 4) is 11.5 Å². The lowest BCUT2D eigenvalue weighted by atomic mass is 9.50. The molecule has 0 amide bonds. The number of hydrogen-bond donors (Lipinski definition) is 5. The smallest absolute Gasteiger partial charge is 0.348 e. The number of carboxylic acids is 2. The van der Waals surface area contributed by atoms with Crippen molar-refractivity contribution in [3.63, 3.8) is 0 Å². The van der Waals surface area contributed by atoms with Crippen molar-refractivity contribution in [2.24, 2.45) is 0 Å². The third-order valence-electron chi connectivity index (χ3n) is 9.32. The number of carbonyl (C=O) groups excluding carboxylic acids is 4. The number of likely N-dealkylation sites (tertiary alicyclic amines) is 1. The van der Waals surface area contributed by atoms with Crippen LogP contribution in [0.1, 0.15) is 50.7 Å². The first-order valence-corrected chi connectivity index (χ1v) is 15.1. The number of benzene rings is 1. The number of carbonyl (C=O) groups is 6. The van der Waals surface area contributed by atoms with Crippen molar-refractivity contribution >= 4 is 35.8 Å². The Morgan fingerprint density at radius 1 is 1.00 bits per heavy atom. The first kappa shape index (κ1) is 34.6. The predicted molar refractivity (Wildman–Crippen MR) is 154 cm³/mol. The second-order valence-electron chi connectivity index (χ2n) is 12.3. The molecule has 8 atom stereocenters. The minimum absolute atomic E-state index is 0.0134. The van der Waals surface area contributed by atoms with E-state index in [4.69, 9.17) is 29.2 Å². The molecule has 0 aromatic heterocycles. The highest BCUT2D eigenvalue weighted by Crippen LogP contribution is 2.65. The zero-order valence-corrected chi connectivity index (χ0v) is 26.1. The molecule has 260 valence electrons. The standard InChI is InChI=1S/C31H35NO16/c1-13(33)27(40)47-19(29(42)44-14(2)28(41)46-18(26(38)39)11-21(35)36)12-22(37)45-17-6-7-31(43)20-10-15-4-5-16(34)24-23(15)30(31,25(17)48-24)8-9-32(20)3/h4-6,13-14,18-20,25,33-34,43H,7-12H2,1-3H3,(H,35,36)(H,38,39)/t13-,14-,18+,19-,20+,25-,30-,31+/m0/s1. The number of carboxylic acid groups (broad SMARTS) is 2. The number of phenols is 1. The van der Waals surface area contributed by atoms with Crippen LogP contribution in [0.2, 0.25) is 0 Å². The van der Waals surface area contributed by atoms with Gasteiger partial charge in [-0.1, -0.05) is 6.07 Å². The van der Waals surface area contributed by atoms with Gasteiger partial charge in [0, 0.05) is 18.0 Å². The van der Waals surface area contributed by atoms with Crippen LogP contribution in [0.15, 0.2) is 24.0 Å². The van der Waals surface area contributed by atoms with E-state index in [1.807, 2.05) is 7.05 Å². The molecular weight excluding hydrogens is 642 g/mol. The minimum Gasteiger partial charge on any atom is -0.504 e. The average molecular weight is 678 g/mol. The highest BCUT2D eigenvalue weighted by molar-refractivity contribution is 5.88. The summed E-state index contributed by atoms with van der Waals surface area (Å²) < 4.78 is 26.4. The number of hydrogen-bond acceptors (Lipinski definition) is 15. The monoisotopic (exact) mass is 677 g/mol. The summed E-state index contributed by atoms with van der Waals surface area (Å²) in [7, 11) is 1.90. The van der Waals surface area contributed by atoms with Gasteiger partial charge in [-0.15, -0.1) is 0 Å². The van der Waals surface area contributed by atoms with Gasteiger partial charge in [0.05, 0.1) is 23.9 Å². The molecule has 0 unspecified atom stereocenters. The number of aliphatic carboxylic acids is 2. The van der Waals surface area contributed by atoms with Crippen molar-refractivity contribution in [1.82, 2.24) is 4.90 Å². The van der Waals surface area contributed by atoms with Crippen molar-refractivity contribution in [2.75, 3.05) is 13.6 Å². The molecule has 17 nitrogen and oxygen atoms in total. The zero-order valence-electron chi connectivity index (χ0n) is 26.1. The number of aliphatic hydroxyl groups excluding tert-OH is 1. The largest absolute Gasteiger partial charge is 0.504 e. The van der Waals surface area contributed by atoms with E-state index in [0.717, 1.165) is 19.4 Å². The Bertz CT molecular complexity index is 1590. The van der Waals surface area contributed by atoms with Crippen LogP contribution in [0.3, 0.4) is 0 Å². The highest BCUT2D eigenvalue weighted by Gasteiger charge is 2.72. The van der Waals surface area contributed by atoms with Gasteiger partial charge in [-0.3, -0.25) is 9.59 Å². The number of esters is 4. The summed E-state index contributed by atoms with van der Waals surface area (Å²) in [6.45, 7) is 2.56. The second-order valence-corrected chi connectivity index (χ2v) is 12.3. The molecule has 2 aliphatic heterocycles. The fourth-order valence-corrected chi connectivity index (χ4v) is 7.05. The average Bonchev–Trinajstić information content (AvgIpc) is 3.36. The van der Waals surface area contributed by atoms with E-state index in [1.165, 1.54) is 12.1 Å². The van der Waals surface area contributed by atoms with Crippen molar-refractivity contribution in [3.05, 3.63) is 35.1 Å². The van der Waals surface area contributed by atoms with Crippen LogP contribution < -0.4 is 4.74 Å². The molecule has 5 N–H and O–H groups in total. The Kier molecular flexibility index (Phi) is 9.15. The number of rotatable bonds is 12. The molecule has 5 rings (SSSR count). The normalized spacial score (nSPS) is 27.5. The molecule has 0 radical (unpaired) electrons. The van der Waals surface area contributed by atoms with Gasteiger partial charge in [-0.05, 0) is 58.0 Å². The van der Waals surface area contributed by atoms with Gasteiger partial charge in [-0.25, -0.2) is 19.2 Å². The molecule has 1 spiro atoms. The zero-order chi connectivity index (χ0) is 35.3. The molecule has 4 aliphatic rings. The number of ether oxygens (including phenoxy) is 5. The fourth-order valence-electron chi connectivity index (χ4n) is 7.05. The lowest BCUT2D eigenvalue weighted by Gasteiger charge is -2.61. The Morgan fingerprint density at radius 3 is 2.33 bits per heavy atom. The van der Waals surface area contributed by atoms with Gasteiger partial charge in [0.1, 0.15) is 11.9 Å². The molecule has 2 bridgehead atoms. The van der Waals surface area contributed by atoms with Gasteiger partial charge < -0.3 is 54.1 Å². The van der Waals surface area contributed by atoms with E-state index in [-0.39, 0.29) is 29.7 Å². The number of aromatic hydroxyl groups is 1. The lowest BCUT2D eigenvalue weighted by molar-refractivity contribution is -0.186. The van der Waals surface area contributed by atoms with E-state index >= 15 is 0 Å². The maximum atomic E-state index is 13.3. The van der Waals surface area contributed by atoms with Crippen LogP contribution in [-0.2, 0) is 59.6 Å². The number of nitrogens with zero attached hydrogens (tertiary/aromatic N) is 1. The molecule has 2 heterocycles. The summed E-state index contributed by atoms with van der Waals surface area (Å²) in [6.07, 6.45) is -8.41. The van der Waals surface area contributed by atoms with Crippen molar-refractivity contribution in [2.45, 2.75) is 93.5 Å². The molecule has 0 saturated carbocycles. The van der Waals surface area contributed by atoms with Crippen molar-refractivity contribution < 1.29 is 78.0 Å². The Morgan fingerprint density at radius 2 is 1.69 bits per heavy atom. The number of aliphatic hydroxyl groups is 2. The summed E-state index contributed by atoms with van der Waals surface area (Å²) in [5.74, 6) is -8.71. The second kappa shape index (κ2) is 12.7. The molecular formula is C31H35NO16. The summed E-state index contributed by atoms with van der Waals surface area (Å²) in [4.78, 5) is 75.1. The molecule has 1 aromatic carbocycles. The van der Waals surface area contributed by atoms with Crippen LogP contribution >= 0.6 is 0 Å². The number of phenolic OH excluding ortho intramolecular Hbond substituents is 1. The van der Waals surface area contributed by atoms with Crippen LogP contribution in [0.4, 0.5) is 0 Å². The molecule has 17 heteroatoms. The highest BCUT2D eigenvalue weighted by atomic mass is 16.6. The Labute approximate surface area is 272 Å². The first-order chi connectivity index (χ1) is 22.5. The molecule has 1 aromatic rings. The molecule has 2 aliphatic carbocycles. The van der Waals surface area contributed by atoms with Crippen LogP contribution in [0, 0.1) is 0 Å². The van der Waals surface area contributed by atoms with E-state index in [0.29, 0.717) is 24.9 Å². The Hall–Kier alpha value is -4.74. The van der Waals surface area contributed by atoms with Crippen LogP contribution in [0.5, 0.6) is 11.5 Å². The third-order valence-corrected chi connectivity index (χ3v) is 9.32. The SMILES string of the molecule is C[C@H](O)C(=O)O[C@@H](CC(=O)OC1=CC[C@@]2(O)[C@H]3Cc4ccc(O)c5c4[C@@]2(CCN3C)[C@H]1O5)C(=O)O[C@@H](C)C(=O)O[C@H](CC(=O)O)C(=O)O. The van der Waals surface area contributed by atoms with Gasteiger partial charge in [0.15, 0.2) is 23.7 Å². The number of piperidine rings is 1. The van der Waals surface area contributed by atoms with Gasteiger partial charge in [-0.2, -0.15) is 0 Å². The topological polar surface area (TPSA) is 253 Å². The van der Waals surface area contributed by atoms with Crippen molar-refractivity contribution in [1.29, 1.82) is 0 Å². The van der Waals surface area contributed by atoms with Gasteiger partial charge in [0.2, 0.25) is 12.2 Å². The summed E-state index contributed by atoms with van der Waals surface area (Å²) in [5, 5.41) is 50.5. The van der Waals surface area contributed by atoms with E-state index in [9.17, 15) is 44.1 Å². The summed E-state index contributed by atoms with van der Waals surface area (Å²) in [5.41, 5.74) is -0.919. The Balaban J connectivity index is 1.34. The van der Waals surface area contributed by atoms with E-state index < -0.39 is 90.2 Å². The quantitative estimate of drug-likeness (QED) is 0.135. The van der Waals surface area contributed by atoms with Gasteiger partial charge in [0.25, 0.3) is 0 Å². The fraction of sp³-hybridized carbons (Fsp3) is 0.548. The lowest BCUT2D eigenvalue weighted by Crippen LogP contribution is -2.74. The molecule has 48 heavy (non-hydrogen) atoms. The summed E-state index contributed by atoms with van der Waals surface area (Å²) in [6, 6.07) is 2.96. The minimum atomic E-state index is -2.10. The van der Waals surface area contributed by atoms with Gasteiger partial charge >= 0.3 is 35.8 Å². The molecule has 1 fully saturated rings. The maximum absolute atomic E-state index is 13.3. The van der Waals surface area contributed by atoms with E-state index in [2.05, 4.69) is 9.64 Å². The molecule has 1 saturated heterocycles. The predicted octanol–water partition coefficient (Wildman–Crippen LogP) is -0.701. The van der Waals surface area contributed by atoms with Crippen LogP contribution in [-0.4, -0.2) is 122 Å². The van der Waals surface area contributed by atoms with Crippen LogP contribution in [0.25, 0.3) is 0 Å². The first-order valence-electron chi connectivity index (χ1n) is 15.1. The maximum Gasteiger partial charge on any atom is 0.348 e. The summed E-state index contributed by atoms with van der Waals surface area (Å²) >= 11 is 0.